The van der Waals surface area contributed by atoms with E-state index in [1.807, 2.05) is 34.6 Å². The van der Waals surface area contributed by atoms with Crippen molar-refractivity contribution in [1.29, 1.82) is 0 Å². The molecule has 0 aliphatic carbocycles. The number of hydrogen-bond acceptors (Lipinski definition) is 6. The van der Waals surface area contributed by atoms with Gasteiger partial charge in [-0.05, 0) is 20.8 Å². The number of aromatic carboxylic acids is 1. The predicted octanol–water partition coefficient (Wildman–Crippen LogP) is 2.04. The second kappa shape index (κ2) is 5.58. The summed E-state index contributed by atoms with van der Waals surface area (Å²) >= 11 is 0. The maximum atomic E-state index is 12.5. The van der Waals surface area contributed by atoms with E-state index in [4.69, 9.17) is 10.5 Å². The number of rotatable bonds is 1. The summed E-state index contributed by atoms with van der Waals surface area (Å²) in [6.07, 6.45) is 1.28. The third-order valence-electron chi connectivity index (χ3n) is 4.17. The molecular formula is C17H23N5O4. The summed E-state index contributed by atoms with van der Waals surface area (Å²) < 4.78 is 6.83. The molecule has 1 aliphatic heterocycles. The van der Waals surface area contributed by atoms with E-state index in [9.17, 15) is 14.7 Å². The van der Waals surface area contributed by atoms with Gasteiger partial charge in [-0.25, -0.2) is 19.1 Å². The van der Waals surface area contributed by atoms with E-state index in [0.717, 1.165) is 11.3 Å². The molecule has 0 aromatic carbocycles. The number of anilines is 1. The number of nitrogen functional groups attached to an aromatic ring is 1. The number of hydrogen-bond donors (Lipinski definition) is 2. The van der Waals surface area contributed by atoms with Gasteiger partial charge in [0.1, 0.15) is 11.2 Å². The minimum Gasteiger partial charge on any atom is -0.477 e. The molecule has 0 atom stereocenters. The van der Waals surface area contributed by atoms with Crippen LogP contribution in [0.3, 0.4) is 0 Å². The summed E-state index contributed by atoms with van der Waals surface area (Å²) in [4.78, 5) is 30.1. The lowest BCUT2D eigenvalue weighted by Crippen LogP contribution is -2.47. The summed E-state index contributed by atoms with van der Waals surface area (Å²) in [7, 11) is 0. The number of carbonyl (C=O) groups excluding carboxylic acids is 1. The van der Waals surface area contributed by atoms with E-state index in [-0.39, 0.29) is 17.0 Å². The van der Waals surface area contributed by atoms with Gasteiger partial charge in [0, 0.05) is 23.7 Å². The predicted molar refractivity (Wildman–Crippen MR) is 94.0 cm³/mol. The molecule has 0 saturated heterocycles. The molecule has 3 heterocycles. The first-order chi connectivity index (χ1) is 11.9. The van der Waals surface area contributed by atoms with Crippen LogP contribution in [0, 0.1) is 0 Å². The number of carboxylic acid groups (broad SMARTS) is 1. The van der Waals surface area contributed by atoms with Crippen molar-refractivity contribution < 1.29 is 19.4 Å². The number of nitrogens with two attached hydrogens (primary N) is 1. The number of carbonyl (C=O) groups is 2. The summed E-state index contributed by atoms with van der Waals surface area (Å²) in [5.41, 5.74) is 6.25. The Morgan fingerprint density at radius 3 is 2.58 bits per heavy atom. The normalized spacial score (nSPS) is 16.4. The molecule has 26 heavy (non-hydrogen) atoms. The lowest BCUT2D eigenvalue weighted by molar-refractivity contribution is 0.0170. The number of ether oxygens (including phenoxy) is 1. The van der Waals surface area contributed by atoms with Crippen LogP contribution in [-0.2, 0) is 16.7 Å². The first kappa shape index (κ1) is 18.0. The summed E-state index contributed by atoms with van der Waals surface area (Å²) in [6, 6.07) is 0. The van der Waals surface area contributed by atoms with Crippen LogP contribution >= 0.6 is 0 Å². The average Bonchev–Trinajstić information content (AvgIpc) is 2.77. The topological polar surface area (TPSA) is 123 Å². The Labute approximate surface area is 150 Å². The molecule has 1 aliphatic rings. The van der Waals surface area contributed by atoms with Crippen LogP contribution in [0.2, 0.25) is 0 Å². The standard InChI is InChI=1S/C17H23N5O4/c1-16(2,3)26-15(25)21-6-9-7-22-13(10(14(23)24)12(18)20-22)19-11(9)17(4,5)8-21/h7H,6,8H2,1-5H3,(H2,18,20)(H,23,24). The van der Waals surface area contributed by atoms with Crippen molar-refractivity contribution in [2.24, 2.45) is 0 Å². The number of aromatic nitrogens is 3. The van der Waals surface area contributed by atoms with Gasteiger partial charge >= 0.3 is 12.1 Å². The Morgan fingerprint density at radius 2 is 2.00 bits per heavy atom. The number of amides is 1. The summed E-state index contributed by atoms with van der Waals surface area (Å²) in [6.45, 7) is 10.1. The van der Waals surface area contributed by atoms with Crippen molar-refractivity contribution in [3.63, 3.8) is 0 Å². The van der Waals surface area contributed by atoms with Crippen molar-refractivity contribution >= 4 is 23.5 Å². The van der Waals surface area contributed by atoms with Crippen molar-refractivity contribution in [1.82, 2.24) is 19.5 Å². The number of carboxylic acids is 1. The van der Waals surface area contributed by atoms with Crippen LogP contribution in [-0.4, -0.2) is 48.8 Å². The molecule has 0 unspecified atom stereocenters. The van der Waals surface area contributed by atoms with Crippen LogP contribution in [0.15, 0.2) is 6.20 Å². The first-order valence-electron chi connectivity index (χ1n) is 8.28. The van der Waals surface area contributed by atoms with E-state index < -0.39 is 23.1 Å². The highest BCUT2D eigenvalue weighted by Gasteiger charge is 2.38. The minimum absolute atomic E-state index is 0.0887. The number of fused-ring (bicyclic) bond motifs is 2. The van der Waals surface area contributed by atoms with Gasteiger partial charge in [0.05, 0.1) is 12.2 Å². The van der Waals surface area contributed by atoms with Crippen molar-refractivity contribution in [3.8, 4) is 0 Å². The Morgan fingerprint density at radius 1 is 1.35 bits per heavy atom. The molecule has 1 amide bonds. The lowest BCUT2D eigenvalue weighted by Gasteiger charge is -2.39. The fourth-order valence-electron chi connectivity index (χ4n) is 3.20. The third-order valence-corrected chi connectivity index (χ3v) is 4.17. The van der Waals surface area contributed by atoms with E-state index in [2.05, 4.69) is 10.1 Å². The molecule has 0 spiro atoms. The van der Waals surface area contributed by atoms with Gasteiger partial charge in [-0.1, -0.05) is 13.8 Å². The zero-order valence-corrected chi connectivity index (χ0v) is 15.5. The van der Waals surface area contributed by atoms with Crippen molar-refractivity contribution in [2.45, 2.75) is 52.2 Å². The van der Waals surface area contributed by atoms with Crippen LogP contribution < -0.4 is 5.73 Å². The Hall–Kier alpha value is -2.84. The molecule has 3 N–H and O–H groups in total. The van der Waals surface area contributed by atoms with Gasteiger partial charge in [-0.2, -0.15) is 0 Å². The molecule has 0 radical (unpaired) electrons. The highest BCUT2D eigenvalue weighted by Crippen LogP contribution is 2.33. The fourth-order valence-corrected chi connectivity index (χ4v) is 3.20. The largest absolute Gasteiger partial charge is 0.477 e. The Kier molecular flexibility index (Phi) is 3.86. The van der Waals surface area contributed by atoms with E-state index in [0.29, 0.717) is 13.1 Å². The van der Waals surface area contributed by atoms with Gasteiger partial charge in [0.25, 0.3) is 0 Å². The minimum atomic E-state index is -1.17. The maximum absolute atomic E-state index is 12.5. The zero-order chi connectivity index (χ0) is 19.4. The van der Waals surface area contributed by atoms with Gasteiger partial charge in [0.15, 0.2) is 11.5 Å². The first-order valence-corrected chi connectivity index (χ1v) is 8.28. The molecule has 2 aromatic rings. The Bertz CT molecular complexity index is 910. The second-order valence-corrected chi connectivity index (χ2v) is 8.17. The summed E-state index contributed by atoms with van der Waals surface area (Å²) in [5.74, 6) is -1.26. The van der Waals surface area contributed by atoms with E-state index in [1.54, 1.807) is 11.1 Å². The fraction of sp³-hybridized carbons (Fsp3) is 0.529. The summed E-state index contributed by atoms with van der Waals surface area (Å²) in [5, 5.41) is 13.4. The molecule has 9 nitrogen and oxygen atoms in total. The van der Waals surface area contributed by atoms with Crippen molar-refractivity contribution in [2.75, 3.05) is 12.3 Å². The van der Waals surface area contributed by atoms with Crippen LogP contribution in [0.1, 0.15) is 56.2 Å². The molecule has 0 fully saturated rings. The van der Waals surface area contributed by atoms with Gasteiger partial charge < -0.3 is 20.5 Å². The van der Waals surface area contributed by atoms with Gasteiger partial charge in [0.2, 0.25) is 0 Å². The monoisotopic (exact) mass is 361 g/mol. The third kappa shape index (κ3) is 3.04. The van der Waals surface area contributed by atoms with Crippen LogP contribution in [0.25, 0.3) is 5.65 Å². The van der Waals surface area contributed by atoms with Crippen molar-refractivity contribution in [3.05, 3.63) is 23.0 Å². The molecule has 2 aromatic heterocycles. The van der Waals surface area contributed by atoms with Crippen LogP contribution in [0.4, 0.5) is 10.6 Å². The van der Waals surface area contributed by atoms with Crippen LogP contribution in [0.5, 0.6) is 0 Å². The number of nitrogens with zero attached hydrogens (tertiary/aromatic N) is 4. The van der Waals surface area contributed by atoms with E-state index >= 15 is 0 Å². The van der Waals surface area contributed by atoms with Gasteiger partial charge in [-0.3, -0.25) is 0 Å². The Balaban J connectivity index is 2.06. The zero-order valence-electron chi connectivity index (χ0n) is 15.5. The molecule has 140 valence electrons. The highest BCUT2D eigenvalue weighted by molar-refractivity contribution is 5.99. The molecule has 3 rings (SSSR count). The smallest absolute Gasteiger partial charge is 0.410 e. The van der Waals surface area contributed by atoms with Gasteiger partial charge in [-0.15, -0.1) is 5.10 Å². The average molecular weight is 361 g/mol. The molecule has 0 bridgehead atoms. The second-order valence-electron chi connectivity index (χ2n) is 8.17. The highest BCUT2D eigenvalue weighted by atomic mass is 16.6. The SMILES string of the molecule is CC(C)(C)OC(=O)N1Cc2cn3nc(N)c(C(=O)O)c3nc2C(C)(C)C1. The molecule has 0 saturated carbocycles. The molecule has 9 heteroatoms. The quantitative estimate of drug-likeness (QED) is 0.796. The molecular weight excluding hydrogens is 338 g/mol. The van der Waals surface area contributed by atoms with E-state index in [1.165, 1.54) is 4.52 Å². The maximum Gasteiger partial charge on any atom is 0.410 e. The lowest BCUT2D eigenvalue weighted by atomic mass is 9.83.